The Balaban J connectivity index is 2.24. The van der Waals surface area contributed by atoms with Crippen LogP contribution in [0.3, 0.4) is 0 Å². The lowest BCUT2D eigenvalue weighted by Gasteiger charge is -2.28. The molecule has 0 radical (unpaired) electrons. The zero-order chi connectivity index (χ0) is 9.26. The van der Waals surface area contributed by atoms with E-state index in [1.54, 1.807) is 0 Å². The molecular weight excluding hydrogens is 228 g/mol. The molecule has 1 aliphatic heterocycles. The van der Waals surface area contributed by atoms with Gasteiger partial charge in [-0.05, 0) is 37.7 Å². The number of hydrogen-bond donors (Lipinski definition) is 0. The number of fused-ring (bicyclic) bond motifs is 2. The normalized spacial score (nSPS) is 35.5. The maximum atomic E-state index is 5.76. The van der Waals surface area contributed by atoms with Crippen molar-refractivity contribution in [2.24, 2.45) is 0 Å². The molecule has 0 N–H and O–H groups in total. The molecule has 1 unspecified atom stereocenters. The molecule has 2 rings (SSSR count). The molecule has 0 spiro atoms. The summed E-state index contributed by atoms with van der Waals surface area (Å²) in [6.07, 6.45) is 6.28. The van der Waals surface area contributed by atoms with E-state index < -0.39 is 0 Å². The summed E-state index contributed by atoms with van der Waals surface area (Å²) in [5.41, 5.74) is 2.72. The molecule has 2 heteroatoms. The molecule has 72 valence electrons. The Labute approximate surface area is 88.0 Å². The average Bonchev–Trinajstić information content (AvgIpc) is 2.16. The van der Waals surface area contributed by atoms with Gasteiger partial charge in [0.1, 0.15) is 0 Å². The van der Waals surface area contributed by atoms with E-state index in [9.17, 15) is 0 Å². The first-order valence-electron chi connectivity index (χ1n) is 4.94. The Hall–Kier alpha value is -0.0800. The van der Waals surface area contributed by atoms with Crippen molar-refractivity contribution in [2.45, 2.75) is 38.2 Å². The van der Waals surface area contributed by atoms with E-state index in [1.165, 1.54) is 34.9 Å². The van der Waals surface area contributed by atoms with Crippen molar-refractivity contribution in [1.29, 1.82) is 0 Å². The number of hydrogen-bond acceptors (Lipinski definition) is 1. The molecule has 0 saturated heterocycles. The van der Waals surface area contributed by atoms with Crippen molar-refractivity contribution in [1.82, 2.24) is 0 Å². The zero-order valence-corrected chi connectivity index (χ0v) is 9.40. The lowest BCUT2D eigenvalue weighted by Crippen LogP contribution is -2.21. The van der Waals surface area contributed by atoms with Crippen molar-refractivity contribution in [3.8, 4) is 0 Å². The van der Waals surface area contributed by atoms with Gasteiger partial charge < -0.3 is 4.74 Å². The Morgan fingerprint density at radius 2 is 2.23 bits per heavy atom. The second kappa shape index (κ2) is 3.97. The third-order valence-corrected chi connectivity index (χ3v) is 3.98. The van der Waals surface area contributed by atoms with Gasteiger partial charge in [-0.15, -0.1) is 0 Å². The summed E-state index contributed by atoms with van der Waals surface area (Å²) in [5, 5.41) is 0. The lowest BCUT2D eigenvalue weighted by molar-refractivity contribution is 0.0397. The van der Waals surface area contributed by atoms with Gasteiger partial charge in [0.2, 0.25) is 0 Å². The molecular formula is C11H15BrO. The first-order valence-corrected chi connectivity index (χ1v) is 5.74. The number of allylic oxidation sites excluding steroid dienone is 1. The third kappa shape index (κ3) is 2.05. The summed E-state index contributed by atoms with van der Waals surface area (Å²) in [6.45, 7) is 4.90. The lowest BCUT2D eigenvalue weighted by atomic mass is 9.90. The highest BCUT2D eigenvalue weighted by atomic mass is 79.9. The third-order valence-electron chi connectivity index (χ3n) is 2.86. The second-order valence-electron chi connectivity index (χ2n) is 3.86. The molecule has 1 aliphatic carbocycles. The van der Waals surface area contributed by atoms with Gasteiger partial charge in [-0.2, -0.15) is 0 Å². The van der Waals surface area contributed by atoms with Gasteiger partial charge in [0.15, 0.2) is 0 Å². The van der Waals surface area contributed by atoms with Crippen LogP contribution in [0.1, 0.15) is 32.1 Å². The Morgan fingerprint density at radius 1 is 1.38 bits per heavy atom. The monoisotopic (exact) mass is 242 g/mol. The molecule has 0 aromatic rings. The summed E-state index contributed by atoms with van der Waals surface area (Å²) in [7, 11) is 0. The molecule has 0 aromatic heterocycles. The summed E-state index contributed by atoms with van der Waals surface area (Å²) in [6, 6.07) is 0. The molecule has 0 aromatic carbocycles. The van der Waals surface area contributed by atoms with E-state index in [0.717, 1.165) is 19.4 Å². The summed E-state index contributed by atoms with van der Waals surface area (Å²) in [5.74, 6) is 0. The van der Waals surface area contributed by atoms with Crippen LogP contribution < -0.4 is 0 Å². The summed E-state index contributed by atoms with van der Waals surface area (Å²) >= 11 is 3.65. The van der Waals surface area contributed by atoms with Crippen LogP contribution in [0.15, 0.2) is 22.2 Å². The fourth-order valence-corrected chi connectivity index (χ4v) is 2.63. The van der Waals surface area contributed by atoms with Gasteiger partial charge in [0, 0.05) is 4.48 Å². The van der Waals surface area contributed by atoms with E-state index >= 15 is 0 Å². The Bertz CT molecular complexity index is 255. The molecule has 1 heterocycles. The van der Waals surface area contributed by atoms with Gasteiger partial charge >= 0.3 is 0 Å². The molecule has 2 bridgehead atoms. The first kappa shape index (κ1) is 9.47. The van der Waals surface area contributed by atoms with Gasteiger partial charge in [-0.3, -0.25) is 0 Å². The number of halogens is 1. The zero-order valence-electron chi connectivity index (χ0n) is 7.81. The molecule has 1 nitrogen and oxygen atoms in total. The maximum absolute atomic E-state index is 5.76. The second-order valence-corrected chi connectivity index (χ2v) is 4.65. The minimum absolute atomic E-state index is 0.476. The molecule has 1 atom stereocenters. The predicted molar refractivity (Wildman–Crippen MR) is 57.9 cm³/mol. The van der Waals surface area contributed by atoms with E-state index in [1.807, 2.05) is 0 Å². The van der Waals surface area contributed by atoms with Crippen LogP contribution in [-0.4, -0.2) is 12.7 Å². The van der Waals surface area contributed by atoms with Crippen LogP contribution in [0.5, 0.6) is 0 Å². The van der Waals surface area contributed by atoms with Crippen molar-refractivity contribution in [2.75, 3.05) is 6.61 Å². The molecule has 1 saturated carbocycles. The van der Waals surface area contributed by atoms with Crippen LogP contribution in [-0.2, 0) is 4.74 Å². The maximum Gasteiger partial charge on any atom is 0.0613 e. The fraction of sp³-hybridized carbons (Fsp3) is 0.636. The highest BCUT2D eigenvalue weighted by Crippen LogP contribution is 2.35. The van der Waals surface area contributed by atoms with Gasteiger partial charge in [0.05, 0.1) is 12.7 Å². The average molecular weight is 243 g/mol. The van der Waals surface area contributed by atoms with Crippen LogP contribution in [0.4, 0.5) is 0 Å². The van der Waals surface area contributed by atoms with Crippen LogP contribution in [0, 0.1) is 0 Å². The predicted octanol–water partition coefficient (Wildman–Crippen LogP) is 3.55. The van der Waals surface area contributed by atoms with Crippen LogP contribution in [0.2, 0.25) is 0 Å². The standard InChI is InChI=1S/C11H15BrO/c1-8-5-6-13-10-4-2-3-9(7-10)11(8)12/h10H,1-7H2/b11-9+. The van der Waals surface area contributed by atoms with Gasteiger partial charge in [-0.25, -0.2) is 0 Å². The molecule has 0 amide bonds. The molecule has 13 heavy (non-hydrogen) atoms. The minimum atomic E-state index is 0.476. The smallest absolute Gasteiger partial charge is 0.0613 e. The SMILES string of the molecule is C=C1CCOC2CCC/C(=C/1Br)C2. The molecule has 1 fully saturated rings. The van der Waals surface area contributed by atoms with Crippen molar-refractivity contribution >= 4 is 15.9 Å². The highest BCUT2D eigenvalue weighted by molar-refractivity contribution is 9.12. The Morgan fingerprint density at radius 3 is 3.08 bits per heavy atom. The number of ether oxygens (including phenoxy) is 1. The fourth-order valence-electron chi connectivity index (χ4n) is 2.07. The first-order chi connectivity index (χ1) is 6.27. The van der Waals surface area contributed by atoms with Crippen molar-refractivity contribution in [3.05, 3.63) is 22.2 Å². The van der Waals surface area contributed by atoms with Crippen LogP contribution in [0.25, 0.3) is 0 Å². The van der Waals surface area contributed by atoms with E-state index in [0.29, 0.717) is 6.10 Å². The van der Waals surface area contributed by atoms with E-state index in [2.05, 4.69) is 22.5 Å². The van der Waals surface area contributed by atoms with Crippen molar-refractivity contribution in [3.63, 3.8) is 0 Å². The Kier molecular flexibility index (Phi) is 2.89. The summed E-state index contributed by atoms with van der Waals surface area (Å²) < 4.78 is 7.03. The van der Waals surface area contributed by atoms with Crippen LogP contribution >= 0.6 is 15.9 Å². The quantitative estimate of drug-likeness (QED) is 0.632. The summed E-state index contributed by atoms with van der Waals surface area (Å²) in [4.78, 5) is 0. The molecule has 2 aliphatic rings. The highest BCUT2D eigenvalue weighted by Gasteiger charge is 2.22. The number of rotatable bonds is 0. The van der Waals surface area contributed by atoms with Gasteiger partial charge in [0.25, 0.3) is 0 Å². The minimum Gasteiger partial charge on any atom is -0.378 e. The van der Waals surface area contributed by atoms with Crippen molar-refractivity contribution < 1.29 is 4.74 Å². The van der Waals surface area contributed by atoms with E-state index in [-0.39, 0.29) is 0 Å². The topological polar surface area (TPSA) is 9.23 Å². The largest absolute Gasteiger partial charge is 0.378 e. The van der Waals surface area contributed by atoms with Gasteiger partial charge in [-0.1, -0.05) is 28.1 Å². The van der Waals surface area contributed by atoms with E-state index in [4.69, 9.17) is 4.74 Å².